The number of rotatable bonds is 3. The maximum Gasteiger partial charge on any atom is 0.255 e. The lowest BCUT2D eigenvalue weighted by atomic mass is 10.1. The first-order chi connectivity index (χ1) is 9.92. The van der Waals surface area contributed by atoms with Crippen LogP contribution in [-0.2, 0) is 0 Å². The van der Waals surface area contributed by atoms with E-state index in [0.717, 1.165) is 22.4 Å². The molecule has 4 nitrogen and oxygen atoms in total. The van der Waals surface area contributed by atoms with Crippen molar-refractivity contribution in [3.05, 3.63) is 52.6 Å². The number of nitrogens with one attached hydrogen (secondary N) is 1. The fraction of sp³-hybridized carbons (Fsp3) is 0.235. The number of anilines is 2. The number of ether oxygens (including phenoxy) is 1. The van der Waals surface area contributed by atoms with Crippen molar-refractivity contribution >= 4 is 17.3 Å². The molecular weight excluding hydrogens is 264 g/mol. The third-order valence-corrected chi connectivity index (χ3v) is 3.46. The van der Waals surface area contributed by atoms with Gasteiger partial charge in [0.15, 0.2) is 0 Å². The minimum Gasteiger partial charge on any atom is -0.496 e. The maximum atomic E-state index is 12.4. The average Bonchev–Trinajstić information content (AvgIpc) is 2.43. The number of nitrogen functional groups attached to an aromatic ring is 1. The second-order valence-corrected chi connectivity index (χ2v) is 5.17. The lowest BCUT2D eigenvalue weighted by Crippen LogP contribution is -2.14. The summed E-state index contributed by atoms with van der Waals surface area (Å²) in [7, 11) is 1.60. The van der Waals surface area contributed by atoms with E-state index in [1.165, 1.54) is 0 Å². The smallest absolute Gasteiger partial charge is 0.255 e. The van der Waals surface area contributed by atoms with Gasteiger partial charge in [-0.2, -0.15) is 0 Å². The van der Waals surface area contributed by atoms with Crippen LogP contribution in [0.3, 0.4) is 0 Å². The van der Waals surface area contributed by atoms with Gasteiger partial charge < -0.3 is 15.8 Å². The monoisotopic (exact) mass is 284 g/mol. The first-order valence-electron chi connectivity index (χ1n) is 6.75. The van der Waals surface area contributed by atoms with Crippen molar-refractivity contribution in [2.75, 3.05) is 18.2 Å². The average molecular weight is 284 g/mol. The first-order valence-corrected chi connectivity index (χ1v) is 6.75. The van der Waals surface area contributed by atoms with Gasteiger partial charge in [0.05, 0.1) is 7.11 Å². The van der Waals surface area contributed by atoms with E-state index in [1.54, 1.807) is 19.2 Å². The van der Waals surface area contributed by atoms with Crippen molar-refractivity contribution in [2.24, 2.45) is 0 Å². The lowest BCUT2D eigenvalue weighted by molar-refractivity contribution is 0.102. The number of hydrogen-bond acceptors (Lipinski definition) is 3. The van der Waals surface area contributed by atoms with Gasteiger partial charge in [0.2, 0.25) is 0 Å². The molecule has 2 aromatic rings. The molecule has 0 bridgehead atoms. The van der Waals surface area contributed by atoms with Crippen LogP contribution in [0.4, 0.5) is 11.4 Å². The zero-order valence-corrected chi connectivity index (χ0v) is 12.8. The van der Waals surface area contributed by atoms with Crippen LogP contribution in [0.2, 0.25) is 0 Å². The quantitative estimate of drug-likeness (QED) is 0.848. The molecule has 3 N–H and O–H groups in total. The number of carbonyl (C=O) groups excluding carboxylic acids is 1. The predicted molar refractivity (Wildman–Crippen MR) is 86.0 cm³/mol. The molecule has 0 aliphatic rings. The van der Waals surface area contributed by atoms with Crippen LogP contribution in [0, 0.1) is 20.8 Å². The minimum atomic E-state index is -0.163. The van der Waals surface area contributed by atoms with Gasteiger partial charge in [-0.1, -0.05) is 6.07 Å². The molecular formula is C17H20N2O2. The summed E-state index contributed by atoms with van der Waals surface area (Å²) in [6.45, 7) is 5.79. The van der Waals surface area contributed by atoms with Gasteiger partial charge in [0.25, 0.3) is 5.91 Å². The van der Waals surface area contributed by atoms with Gasteiger partial charge in [-0.3, -0.25) is 4.79 Å². The second-order valence-electron chi connectivity index (χ2n) is 5.17. The molecule has 2 rings (SSSR count). The number of amides is 1. The molecule has 0 radical (unpaired) electrons. The highest BCUT2D eigenvalue weighted by atomic mass is 16.5. The standard InChI is InChI=1S/C17H20N2O2/c1-10-5-6-13(9-15(10)21-4)17(20)19-16-11(2)7-14(18)8-12(16)3/h5-9H,18H2,1-4H3,(H,19,20). The van der Waals surface area contributed by atoms with Crippen LogP contribution in [0.25, 0.3) is 0 Å². The number of benzene rings is 2. The Balaban J connectivity index is 2.30. The van der Waals surface area contributed by atoms with E-state index in [9.17, 15) is 4.79 Å². The normalized spacial score (nSPS) is 10.3. The van der Waals surface area contributed by atoms with E-state index in [4.69, 9.17) is 10.5 Å². The van der Waals surface area contributed by atoms with E-state index >= 15 is 0 Å². The van der Waals surface area contributed by atoms with Gasteiger partial charge >= 0.3 is 0 Å². The Bertz CT molecular complexity index is 670. The molecule has 0 aliphatic carbocycles. The molecule has 0 aliphatic heterocycles. The van der Waals surface area contributed by atoms with Crippen LogP contribution >= 0.6 is 0 Å². The molecule has 0 spiro atoms. The summed E-state index contributed by atoms with van der Waals surface area (Å²) < 4.78 is 5.25. The van der Waals surface area contributed by atoms with Crippen molar-refractivity contribution in [2.45, 2.75) is 20.8 Å². The van der Waals surface area contributed by atoms with Gasteiger partial charge in [0.1, 0.15) is 5.75 Å². The Morgan fingerprint density at radius 3 is 2.24 bits per heavy atom. The number of carbonyl (C=O) groups is 1. The summed E-state index contributed by atoms with van der Waals surface area (Å²) in [5.41, 5.74) is 10.7. The van der Waals surface area contributed by atoms with Crippen molar-refractivity contribution in [3.8, 4) is 5.75 Å². The third kappa shape index (κ3) is 3.16. The molecule has 110 valence electrons. The highest BCUT2D eigenvalue weighted by molar-refractivity contribution is 6.05. The molecule has 0 heterocycles. The molecule has 0 atom stereocenters. The first kappa shape index (κ1) is 14.9. The largest absolute Gasteiger partial charge is 0.496 e. The van der Waals surface area contributed by atoms with Crippen LogP contribution in [0.1, 0.15) is 27.0 Å². The van der Waals surface area contributed by atoms with Gasteiger partial charge in [-0.15, -0.1) is 0 Å². The molecule has 0 saturated carbocycles. The third-order valence-electron chi connectivity index (χ3n) is 3.46. The molecule has 0 saturated heterocycles. The summed E-state index contributed by atoms with van der Waals surface area (Å²) in [5, 5.41) is 2.94. The van der Waals surface area contributed by atoms with E-state index in [2.05, 4.69) is 5.32 Å². The van der Waals surface area contributed by atoms with Crippen molar-refractivity contribution in [1.82, 2.24) is 0 Å². The molecule has 1 amide bonds. The Labute approximate surface area is 124 Å². The summed E-state index contributed by atoms with van der Waals surface area (Å²) in [4.78, 5) is 12.4. The highest BCUT2D eigenvalue weighted by Crippen LogP contribution is 2.25. The zero-order chi connectivity index (χ0) is 15.6. The predicted octanol–water partition coefficient (Wildman–Crippen LogP) is 3.45. The van der Waals surface area contributed by atoms with E-state index in [0.29, 0.717) is 17.0 Å². The zero-order valence-electron chi connectivity index (χ0n) is 12.8. The fourth-order valence-electron chi connectivity index (χ4n) is 2.34. The number of methoxy groups -OCH3 is 1. The Morgan fingerprint density at radius 1 is 1.05 bits per heavy atom. The van der Waals surface area contributed by atoms with Crippen LogP contribution in [-0.4, -0.2) is 13.0 Å². The molecule has 0 fully saturated rings. The van der Waals surface area contributed by atoms with Crippen LogP contribution in [0.5, 0.6) is 5.75 Å². The van der Waals surface area contributed by atoms with E-state index in [-0.39, 0.29) is 5.91 Å². The number of nitrogens with two attached hydrogens (primary N) is 1. The van der Waals surface area contributed by atoms with Gasteiger partial charge in [0, 0.05) is 16.9 Å². The van der Waals surface area contributed by atoms with E-state index < -0.39 is 0 Å². The van der Waals surface area contributed by atoms with Crippen molar-refractivity contribution in [3.63, 3.8) is 0 Å². The van der Waals surface area contributed by atoms with Gasteiger partial charge in [-0.05, 0) is 61.7 Å². The summed E-state index contributed by atoms with van der Waals surface area (Å²) >= 11 is 0. The van der Waals surface area contributed by atoms with Gasteiger partial charge in [-0.25, -0.2) is 0 Å². The molecule has 4 heteroatoms. The Kier molecular flexibility index (Phi) is 4.17. The SMILES string of the molecule is COc1cc(C(=O)Nc2c(C)cc(N)cc2C)ccc1C. The highest BCUT2D eigenvalue weighted by Gasteiger charge is 2.12. The molecule has 0 aromatic heterocycles. The fourth-order valence-corrected chi connectivity index (χ4v) is 2.34. The molecule has 2 aromatic carbocycles. The number of aryl methyl sites for hydroxylation is 3. The number of hydrogen-bond donors (Lipinski definition) is 2. The van der Waals surface area contributed by atoms with Crippen molar-refractivity contribution < 1.29 is 9.53 Å². The second kappa shape index (κ2) is 5.87. The lowest BCUT2D eigenvalue weighted by Gasteiger charge is -2.13. The topological polar surface area (TPSA) is 64.3 Å². The van der Waals surface area contributed by atoms with Crippen LogP contribution in [0.15, 0.2) is 30.3 Å². The molecule has 0 unspecified atom stereocenters. The summed E-state index contributed by atoms with van der Waals surface area (Å²) in [6, 6.07) is 9.09. The van der Waals surface area contributed by atoms with E-state index in [1.807, 2.05) is 39.0 Å². The Morgan fingerprint density at radius 2 is 1.67 bits per heavy atom. The summed E-state index contributed by atoms with van der Waals surface area (Å²) in [5.74, 6) is 0.540. The van der Waals surface area contributed by atoms with Crippen LogP contribution < -0.4 is 15.8 Å². The minimum absolute atomic E-state index is 0.163. The van der Waals surface area contributed by atoms with Crippen molar-refractivity contribution in [1.29, 1.82) is 0 Å². The maximum absolute atomic E-state index is 12.4. The summed E-state index contributed by atoms with van der Waals surface area (Å²) in [6.07, 6.45) is 0. The Hall–Kier alpha value is -2.49. The molecule has 21 heavy (non-hydrogen) atoms.